The maximum atomic E-state index is 4.70. The Kier molecular flexibility index (Phi) is 4.76. The Bertz CT molecular complexity index is 395. The number of fused-ring (bicyclic) bond motifs is 1. The molecule has 0 spiro atoms. The number of rotatable bonds is 1. The van der Waals surface area contributed by atoms with E-state index in [1.165, 1.54) is 29.7 Å². The first-order valence-electron chi connectivity index (χ1n) is 5.71. The first-order chi connectivity index (χ1) is 7.45. The topological polar surface area (TPSA) is 26.5 Å². The molecule has 1 fully saturated rings. The number of aliphatic imine (C=N–C) groups is 1. The Hall–Kier alpha value is 0.486. The predicted molar refractivity (Wildman–Crippen MR) is 62.5 cm³/mol. The van der Waals surface area contributed by atoms with E-state index in [9.17, 15) is 0 Å². The van der Waals surface area contributed by atoms with Gasteiger partial charge >= 0.3 is 51.4 Å². The molecule has 0 unspecified atom stereocenters. The minimum atomic E-state index is 0. The van der Waals surface area contributed by atoms with Crippen LogP contribution in [0.2, 0.25) is 0 Å². The average molecular weight is 238 g/mol. The van der Waals surface area contributed by atoms with Crippen molar-refractivity contribution in [2.75, 3.05) is 13.1 Å². The summed E-state index contributed by atoms with van der Waals surface area (Å²) in [7, 11) is 0. The van der Waals surface area contributed by atoms with Crippen LogP contribution in [0.4, 0.5) is 0 Å². The maximum absolute atomic E-state index is 4.70. The van der Waals surface area contributed by atoms with Gasteiger partial charge in [-0.2, -0.15) is 0 Å². The Morgan fingerprint density at radius 1 is 1.12 bits per heavy atom. The number of nitrogens with zero attached hydrogens (tertiary/aromatic N) is 2. The first kappa shape index (κ1) is 12.9. The van der Waals surface area contributed by atoms with E-state index in [1.54, 1.807) is 0 Å². The molecule has 1 saturated heterocycles. The van der Waals surface area contributed by atoms with Gasteiger partial charge in [0.25, 0.3) is 0 Å². The van der Waals surface area contributed by atoms with E-state index in [4.69, 9.17) is 4.99 Å². The summed E-state index contributed by atoms with van der Waals surface area (Å²) in [4.78, 5) is 4.70. The summed E-state index contributed by atoms with van der Waals surface area (Å²) in [5, 5.41) is 4.40. The van der Waals surface area contributed by atoms with Crippen molar-refractivity contribution in [1.29, 1.82) is 0 Å². The van der Waals surface area contributed by atoms with Crippen LogP contribution < -0.4 is 51.4 Å². The van der Waals surface area contributed by atoms with Crippen LogP contribution >= 0.6 is 0 Å². The molecule has 0 N–H and O–H groups in total. The summed E-state index contributed by atoms with van der Waals surface area (Å²) in [6, 6.07) is 8.63. The minimum absolute atomic E-state index is 0. The quantitative estimate of drug-likeness (QED) is 0.605. The summed E-state index contributed by atoms with van der Waals surface area (Å²) < 4.78 is 0. The first-order valence-corrected chi connectivity index (χ1v) is 5.71. The molecule has 0 atom stereocenters. The second-order valence-corrected chi connectivity index (χ2v) is 4.30. The zero-order valence-corrected chi connectivity index (χ0v) is 12.9. The van der Waals surface area contributed by atoms with E-state index in [1.807, 2.05) is 0 Å². The SMILES string of the molecule is [K+].c1ccc2c(c1)CN=C2C1CC[N-]CC1. The fourth-order valence-corrected chi connectivity index (χ4v) is 2.54. The van der Waals surface area contributed by atoms with Crippen LogP contribution in [0.1, 0.15) is 24.0 Å². The van der Waals surface area contributed by atoms with Crippen molar-refractivity contribution in [2.24, 2.45) is 10.9 Å². The van der Waals surface area contributed by atoms with Gasteiger partial charge in [0.05, 0.1) is 6.54 Å². The molecule has 0 amide bonds. The van der Waals surface area contributed by atoms with E-state index in [2.05, 4.69) is 29.6 Å². The maximum Gasteiger partial charge on any atom is 1.00 e. The summed E-state index contributed by atoms with van der Waals surface area (Å²) in [5.74, 6) is 0.658. The minimum Gasteiger partial charge on any atom is -0.662 e. The van der Waals surface area contributed by atoms with Gasteiger partial charge < -0.3 is 5.32 Å². The van der Waals surface area contributed by atoms with Crippen LogP contribution in [-0.2, 0) is 6.54 Å². The molecular weight excluding hydrogens is 223 g/mol. The molecule has 2 heterocycles. The van der Waals surface area contributed by atoms with Gasteiger partial charge in [0.2, 0.25) is 0 Å². The van der Waals surface area contributed by atoms with Crippen molar-refractivity contribution in [2.45, 2.75) is 19.4 Å². The standard InChI is InChI=1S/C13H15N2.K/c1-2-4-12-11(3-1)9-15-13(12)10-5-7-14-8-6-10;/h1-4,10H,5-9H2;/q-1;+1. The van der Waals surface area contributed by atoms with Crippen LogP contribution in [0.3, 0.4) is 0 Å². The van der Waals surface area contributed by atoms with Crippen LogP contribution in [-0.4, -0.2) is 18.8 Å². The predicted octanol–water partition coefficient (Wildman–Crippen LogP) is -0.223. The van der Waals surface area contributed by atoms with Gasteiger partial charge in [-0.3, -0.25) is 4.99 Å². The van der Waals surface area contributed by atoms with E-state index in [0.717, 1.165) is 19.6 Å². The number of piperidine rings is 1. The zero-order valence-electron chi connectivity index (χ0n) is 9.82. The monoisotopic (exact) mass is 238 g/mol. The van der Waals surface area contributed by atoms with E-state index >= 15 is 0 Å². The van der Waals surface area contributed by atoms with Gasteiger partial charge in [0.1, 0.15) is 0 Å². The fraction of sp³-hybridized carbons (Fsp3) is 0.462. The number of benzene rings is 1. The third kappa shape index (κ3) is 2.50. The molecule has 0 saturated carbocycles. The number of hydrogen-bond acceptors (Lipinski definition) is 1. The molecule has 0 radical (unpaired) electrons. The van der Waals surface area contributed by atoms with Crippen LogP contribution in [0.5, 0.6) is 0 Å². The third-order valence-electron chi connectivity index (χ3n) is 3.37. The Morgan fingerprint density at radius 3 is 2.69 bits per heavy atom. The van der Waals surface area contributed by atoms with Gasteiger partial charge in [0, 0.05) is 11.3 Å². The van der Waals surface area contributed by atoms with E-state index in [-0.39, 0.29) is 51.4 Å². The Balaban J connectivity index is 0.000000963. The van der Waals surface area contributed by atoms with Gasteiger partial charge in [-0.25, -0.2) is 0 Å². The Morgan fingerprint density at radius 2 is 1.88 bits per heavy atom. The van der Waals surface area contributed by atoms with Crippen LogP contribution in [0.25, 0.3) is 5.32 Å². The van der Waals surface area contributed by atoms with Gasteiger partial charge in [0.15, 0.2) is 0 Å². The van der Waals surface area contributed by atoms with Crippen LogP contribution in [0.15, 0.2) is 29.3 Å². The molecule has 3 heteroatoms. The third-order valence-corrected chi connectivity index (χ3v) is 3.37. The second-order valence-electron chi connectivity index (χ2n) is 4.30. The van der Waals surface area contributed by atoms with Crippen molar-refractivity contribution in [3.8, 4) is 0 Å². The van der Waals surface area contributed by atoms with Crippen molar-refractivity contribution >= 4 is 5.71 Å². The normalized spacial score (nSPS) is 19.9. The Labute approximate surface area is 139 Å². The molecule has 2 nitrogen and oxygen atoms in total. The van der Waals surface area contributed by atoms with Gasteiger partial charge in [-0.05, 0) is 11.5 Å². The summed E-state index contributed by atoms with van der Waals surface area (Å²) in [6.45, 7) is 2.93. The second kappa shape index (κ2) is 5.89. The average Bonchev–Trinajstić information content (AvgIpc) is 2.74. The molecular formula is C13H15KN2. The summed E-state index contributed by atoms with van der Waals surface area (Å²) in [6.07, 6.45) is 2.38. The zero-order chi connectivity index (χ0) is 10.1. The van der Waals surface area contributed by atoms with Crippen molar-refractivity contribution in [1.82, 2.24) is 0 Å². The fourth-order valence-electron chi connectivity index (χ4n) is 2.54. The van der Waals surface area contributed by atoms with Crippen molar-refractivity contribution in [3.63, 3.8) is 0 Å². The van der Waals surface area contributed by atoms with Gasteiger partial charge in [-0.1, -0.05) is 37.1 Å². The molecule has 2 aliphatic rings. The summed E-state index contributed by atoms with van der Waals surface area (Å²) >= 11 is 0. The molecule has 2 aliphatic heterocycles. The smallest absolute Gasteiger partial charge is 0.662 e. The van der Waals surface area contributed by atoms with Crippen molar-refractivity contribution in [3.05, 3.63) is 40.7 Å². The molecule has 0 aliphatic carbocycles. The molecule has 78 valence electrons. The molecule has 1 aromatic carbocycles. The van der Waals surface area contributed by atoms with Gasteiger partial charge in [-0.15, -0.1) is 13.1 Å². The molecule has 3 rings (SSSR count). The molecule has 0 bridgehead atoms. The van der Waals surface area contributed by atoms with E-state index < -0.39 is 0 Å². The largest absolute Gasteiger partial charge is 1.00 e. The molecule has 0 aromatic heterocycles. The van der Waals surface area contributed by atoms with E-state index in [0.29, 0.717) is 5.92 Å². The molecule has 16 heavy (non-hydrogen) atoms. The number of hydrogen-bond donors (Lipinski definition) is 0. The van der Waals surface area contributed by atoms with Crippen LogP contribution in [0, 0.1) is 5.92 Å². The molecule has 1 aromatic rings. The summed E-state index contributed by atoms with van der Waals surface area (Å²) in [5.41, 5.74) is 4.14. The van der Waals surface area contributed by atoms with Crippen molar-refractivity contribution < 1.29 is 51.4 Å².